The molecular weight excluding hydrogens is 583 g/mol. The molecule has 3 aromatic heterocycles. The second kappa shape index (κ2) is 11.8. The average molecular weight is 618 g/mol. The Morgan fingerprint density at radius 1 is 0.396 bits per heavy atom. The third-order valence-corrected chi connectivity index (χ3v) is 10.4. The molecule has 0 N–H and O–H groups in total. The van der Waals surface area contributed by atoms with Gasteiger partial charge in [-0.15, -0.1) is 0 Å². The highest BCUT2D eigenvalue weighted by Crippen LogP contribution is 2.56. The van der Waals surface area contributed by atoms with Gasteiger partial charge in [-0.05, 0) is 111 Å². The van der Waals surface area contributed by atoms with Crippen molar-refractivity contribution in [3.63, 3.8) is 0 Å². The molecule has 3 heteroatoms. The van der Waals surface area contributed by atoms with E-state index in [-0.39, 0.29) is 5.41 Å². The minimum atomic E-state index is 0.185. The van der Waals surface area contributed by atoms with Crippen molar-refractivity contribution in [1.29, 1.82) is 0 Å². The Bertz CT molecular complexity index is 2210. The molecule has 1 fully saturated rings. The standard InChI is InChI=1S/C45H35N3/c1-4-20-45(21-5-1)41-17-3-2-16-39(41)40-26-34(18-19-42(40)45)32-11-6-10-31(24-32)33-12-7-13-35(25-33)43-27-38(36-14-8-22-46-29-36)28-44(48-43)37-15-9-23-47-30-37/h2-3,6-19,22-30H,1,4-5,20-21H2. The summed E-state index contributed by atoms with van der Waals surface area (Å²) in [7, 11) is 0. The molecule has 0 unspecified atom stereocenters. The summed E-state index contributed by atoms with van der Waals surface area (Å²) < 4.78 is 0. The van der Waals surface area contributed by atoms with E-state index in [1.165, 1.54) is 76.6 Å². The highest BCUT2D eigenvalue weighted by molar-refractivity contribution is 5.86. The van der Waals surface area contributed by atoms with Crippen LogP contribution in [0.5, 0.6) is 0 Å². The Morgan fingerprint density at radius 2 is 0.979 bits per heavy atom. The normalized spacial score (nSPS) is 14.4. The van der Waals surface area contributed by atoms with Crippen LogP contribution >= 0.6 is 0 Å². The fourth-order valence-electron chi connectivity index (χ4n) is 8.12. The van der Waals surface area contributed by atoms with Crippen LogP contribution in [0.3, 0.4) is 0 Å². The summed E-state index contributed by atoms with van der Waals surface area (Å²) >= 11 is 0. The number of aromatic nitrogens is 3. The van der Waals surface area contributed by atoms with Crippen LogP contribution in [-0.4, -0.2) is 15.0 Å². The third-order valence-electron chi connectivity index (χ3n) is 10.4. The molecular formula is C45H35N3. The van der Waals surface area contributed by atoms with Crippen molar-refractivity contribution in [3.05, 3.63) is 163 Å². The smallest absolute Gasteiger partial charge is 0.0731 e. The van der Waals surface area contributed by atoms with Crippen molar-refractivity contribution in [2.24, 2.45) is 0 Å². The molecule has 0 aliphatic heterocycles. The monoisotopic (exact) mass is 617 g/mol. The molecule has 0 saturated heterocycles. The minimum absolute atomic E-state index is 0.185. The molecule has 2 aliphatic carbocycles. The van der Waals surface area contributed by atoms with Crippen molar-refractivity contribution in [1.82, 2.24) is 15.0 Å². The van der Waals surface area contributed by atoms with Crippen LogP contribution in [0.15, 0.2) is 152 Å². The van der Waals surface area contributed by atoms with Crippen molar-refractivity contribution in [3.8, 4) is 67.0 Å². The van der Waals surface area contributed by atoms with Crippen molar-refractivity contribution in [2.75, 3.05) is 0 Å². The van der Waals surface area contributed by atoms with E-state index in [2.05, 4.69) is 125 Å². The largest absolute Gasteiger partial charge is 0.264 e. The average Bonchev–Trinajstić information content (AvgIpc) is 3.43. The second-order valence-electron chi connectivity index (χ2n) is 13.2. The Kier molecular flexibility index (Phi) is 7.04. The van der Waals surface area contributed by atoms with E-state index in [9.17, 15) is 0 Å². The highest BCUT2D eigenvalue weighted by atomic mass is 14.7. The number of hydrogen-bond donors (Lipinski definition) is 0. The highest BCUT2D eigenvalue weighted by Gasteiger charge is 2.43. The lowest BCUT2D eigenvalue weighted by Gasteiger charge is -2.36. The van der Waals surface area contributed by atoms with Gasteiger partial charge in [-0.25, -0.2) is 4.98 Å². The van der Waals surface area contributed by atoms with Gasteiger partial charge in [-0.2, -0.15) is 0 Å². The predicted octanol–water partition coefficient (Wildman–Crippen LogP) is 11.4. The summed E-state index contributed by atoms with van der Waals surface area (Å²) in [4.78, 5) is 13.9. The summed E-state index contributed by atoms with van der Waals surface area (Å²) in [6, 6.07) is 46.4. The fraction of sp³-hybridized carbons (Fsp3) is 0.133. The minimum Gasteiger partial charge on any atom is -0.264 e. The molecule has 1 spiro atoms. The van der Waals surface area contributed by atoms with Crippen LogP contribution in [0.4, 0.5) is 0 Å². The maximum atomic E-state index is 5.13. The molecule has 0 radical (unpaired) electrons. The van der Waals surface area contributed by atoms with Gasteiger partial charge >= 0.3 is 0 Å². The lowest BCUT2D eigenvalue weighted by molar-refractivity contribution is 0.353. The number of pyridine rings is 3. The number of benzene rings is 4. The second-order valence-corrected chi connectivity index (χ2v) is 13.2. The number of nitrogens with zero attached hydrogens (tertiary/aromatic N) is 3. The quantitative estimate of drug-likeness (QED) is 0.193. The summed E-state index contributed by atoms with van der Waals surface area (Å²) in [6.45, 7) is 0. The molecule has 0 amide bonds. The van der Waals surface area contributed by atoms with Gasteiger partial charge in [0.05, 0.1) is 11.4 Å². The molecule has 230 valence electrons. The Balaban J connectivity index is 1.10. The molecule has 4 aromatic carbocycles. The summed E-state index contributed by atoms with van der Waals surface area (Å²) in [6.07, 6.45) is 13.9. The van der Waals surface area contributed by atoms with E-state index in [1.54, 1.807) is 12.4 Å². The summed E-state index contributed by atoms with van der Waals surface area (Å²) in [5.74, 6) is 0. The topological polar surface area (TPSA) is 38.7 Å². The van der Waals surface area contributed by atoms with E-state index in [0.717, 1.165) is 33.6 Å². The van der Waals surface area contributed by atoms with Gasteiger partial charge in [0.1, 0.15) is 0 Å². The first-order chi connectivity index (χ1) is 23.7. The summed E-state index contributed by atoms with van der Waals surface area (Å²) in [5, 5.41) is 0. The van der Waals surface area contributed by atoms with Gasteiger partial charge in [0.2, 0.25) is 0 Å². The maximum Gasteiger partial charge on any atom is 0.0731 e. The van der Waals surface area contributed by atoms with Crippen LogP contribution < -0.4 is 0 Å². The molecule has 48 heavy (non-hydrogen) atoms. The van der Waals surface area contributed by atoms with E-state index in [1.807, 2.05) is 24.5 Å². The third kappa shape index (κ3) is 4.94. The lowest BCUT2D eigenvalue weighted by Crippen LogP contribution is -2.27. The van der Waals surface area contributed by atoms with Crippen LogP contribution in [0.2, 0.25) is 0 Å². The zero-order valence-corrected chi connectivity index (χ0v) is 26.8. The number of fused-ring (bicyclic) bond motifs is 5. The summed E-state index contributed by atoms with van der Waals surface area (Å²) in [5.41, 5.74) is 16.9. The number of hydrogen-bond acceptors (Lipinski definition) is 3. The van der Waals surface area contributed by atoms with Crippen molar-refractivity contribution >= 4 is 0 Å². The van der Waals surface area contributed by atoms with Crippen molar-refractivity contribution in [2.45, 2.75) is 37.5 Å². The molecule has 3 heterocycles. The van der Waals surface area contributed by atoms with E-state index < -0.39 is 0 Å². The maximum absolute atomic E-state index is 5.13. The SMILES string of the molecule is c1cncc(-c2cc(-c3cccnc3)nc(-c3cccc(-c4cccc(-c5ccc6c(c5)-c5ccccc5C65CCCCC5)c4)c3)c2)c1. The van der Waals surface area contributed by atoms with Crippen LogP contribution in [0.25, 0.3) is 67.0 Å². The number of rotatable bonds is 5. The van der Waals surface area contributed by atoms with Gasteiger partial charge in [0.15, 0.2) is 0 Å². The Labute approximate surface area is 282 Å². The Morgan fingerprint density at radius 3 is 1.69 bits per heavy atom. The fourth-order valence-corrected chi connectivity index (χ4v) is 8.12. The van der Waals surface area contributed by atoms with Gasteiger partial charge in [0.25, 0.3) is 0 Å². The van der Waals surface area contributed by atoms with E-state index in [0.29, 0.717) is 0 Å². The van der Waals surface area contributed by atoms with Crippen LogP contribution in [0.1, 0.15) is 43.2 Å². The van der Waals surface area contributed by atoms with Gasteiger partial charge in [-0.1, -0.05) is 98.1 Å². The van der Waals surface area contributed by atoms with Gasteiger partial charge < -0.3 is 0 Å². The molecule has 9 rings (SSSR count). The molecule has 1 saturated carbocycles. The van der Waals surface area contributed by atoms with Crippen LogP contribution in [0, 0.1) is 0 Å². The Hall–Kier alpha value is -5.67. The molecule has 3 nitrogen and oxygen atoms in total. The zero-order valence-electron chi connectivity index (χ0n) is 26.8. The van der Waals surface area contributed by atoms with E-state index in [4.69, 9.17) is 4.98 Å². The molecule has 7 aromatic rings. The van der Waals surface area contributed by atoms with Gasteiger partial charge in [0, 0.05) is 46.9 Å². The first-order valence-corrected chi connectivity index (χ1v) is 17.0. The van der Waals surface area contributed by atoms with Crippen molar-refractivity contribution < 1.29 is 0 Å². The molecule has 0 bridgehead atoms. The van der Waals surface area contributed by atoms with Gasteiger partial charge in [-0.3, -0.25) is 9.97 Å². The first kappa shape index (κ1) is 28.5. The predicted molar refractivity (Wildman–Crippen MR) is 196 cm³/mol. The lowest BCUT2D eigenvalue weighted by atomic mass is 9.68. The van der Waals surface area contributed by atoms with Crippen LogP contribution in [-0.2, 0) is 5.41 Å². The molecule has 0 atom stereocenters. The zero-order chi connectivity index (χ0) is 31.9. The first-order valence-electron chi connectivity index (χ1n) is 17.0. The van der Waals surface area contributed by atoms with E-state index >= 15 is 0 Å². The molecule has 2 aliphatic rings.